The van der Waals surface area contributed by atoms with E-state index in [-0.39, 0.29) is 21.9 Å². The maximum Gasteiger partial charge on any atom is 0.573 e. The Labute approximate surface area is 204 Å². The van der Waals surface area contributed by atoms with Crippen molar-refractivity contribution in [1.29, 1.82) is 0 Å². The SMILES string of the molecule is CCS(=O)(=O)c1cc(-c2ccc(OC(F)(F)F)cc2)cnc1-n1ncc2ccc(C(F)(F)F)cc2c1=O. The molecular weight excluding hydrogens is 528 g/mol. The number of hydrogen-bond acceptors (Lipinski definition) is 6. The average molecular weight is 543 g/mol. The summed E-state index contributed by atoms with van der Waals surface area (Å²) in [4.78, 5) is 16.7. The molecule has 0 unspecified atom stereocenters. The van der Waals surface area contributed by atoms with Gasteiger partial charge in [0.05, 0.1) is 22.9 Å². The fourth-order valence-electron chi connectivity index (χ4n) is 3.46. The van der Waals surface area contributed by atoms with Crippen molar-refractivity contribution in [3.63, 3.8) is 0 Å². The summed E-state index contributed by atoms with van der Waals surface area (Å²) in [6.07, 6.45) is -7.34. The summed E-state index contributed by atoms with van der Waals surface area (Å²) in [5.41, 5.74) is -1.63. The zero-order valence-corrected chi connectivity index (χ0v) is 19.4. The van der Waals surface area contributed by atoms with Gasteiger partial charge in [0.25, 0.3) is 5.56 Å². The normalized spacial score (nSPS) is 12.6. The molecule has 0 saturated heterocycles. The lowest BCUT2D eigenvalue weighted by molar-refractivity contribution is -0.274. The Hall–Kier alpha value is -3.94. The molecular formula is C23H15F6N3O4S. The highest BCUT2D eigenvalue weighted by molar-refractivity contribution is 7.91. The molecule has 0 aliphatic rings. The molecule has 37 heavy (non-hydrogen) atoms. The number of benzene rings is 2. The van der Waals surface area contributed by atoms with Gasteiger partial charge < -0.3 is 4.74 Å². The van der Waals surface area contributed by atoms with Crippen molar-refractivity contribution in [2.75, 3.05) is 5.75 Å². The molecule has 0 fully saturated rings. The summed E-state index contributed by atoms with van der Waals surface area (Å²) in [7, 11) is -4.06. The van der Waals surface area contributed by atoms with Crippen LogP contribution in [0.2, 0.25) is 0 Å². The second kappa shape index (κ2) is 9.18. The Bertz CT molecular complexity index is 1650. The third-order valence-corrected chi connectivity index (χ3v) is 7.02. The number of alkyl halides is 6. The largest absolute Gasteiger partial charge is 0.573 e. The highest BCUT2D eigenvalue weighted by Crippen LogP contribution is 2.32. The Morgan fingerprint density at radius 3 is 2.19 bits per heavy atom. The molecule has 2 heterocycles. The first kappa shape index (κ1) is 26.1. The van der Waals surface area contributed by atoms with Gasteiger partial charge in [-0.1, -0.05) is 25.1 Å². The minimum atomic E-state index is -4.89. The van der Waals surface area contributed by atoms with Crippen molar-refractivity contribution in [3.05, 3.63) is 76.8 Å². The standard InChI is InChI=1S/C23H15F6N3O4S/c1-2-37(34,35)19-9-15(13-4-7-17(8-5-13)36-23(27,28)29)11-30-20(19)32-21(33)18-10-16(22(24,25)26)6-3-14(18)12-31-32/h3-12H,2H2,1H3. The Kier molecular flexibility index (Phi) is 6.48. The second-order valence-corrected chi connectivity index (χ2v) is 9.93. The molecule has 0 saturated carbocycles. The number of halogens is 6. The highest BCUT2D eigenvalue weighted by Gasteiger charge is 2.32. The molecule has 0 aliphatic carbocycles. The summed E-state index contributed by atoms with van der Waals surface area (Å²) in [6, 6.07) is 8.21. The number of pyridine rings is 1. The van der Waals surface area contributed by atoms with Crippen LogP contribution < -0.4 is 10.3 Å². The molecule has 0 amide bonds. The van der Waals surface area contributed by atoms with Gasteiger partial charge in [-0.2, -0.15) is 23.0 Å². The van der Waals surface area contributed by atoms with Gasteiger partial charge in [0, 0.05) is 17.1 Å². The van der Waals surface area contributed by atoms with Crippen molar-refractivity contribution < 1.29 is 39.5 Å². The number of aromatic nitrogens is 3. The minimum Gasteiger partial charge on any atom is -0.406 e. The van der Waals surface area contributed by atoms with E-state index in [0.717, 1.165) is 42.7 Å². The predicted octanol–water partition coefficient (Wildman–Crippen LogP) is 5.16. The van der Waals surface area contributed by atoms with Gasteiger partial charge in [0.15, 0.2) is 15.7 Å². The van der Waals surface area contributed by atoms with Crippen molar-refractivity contribution in [2.24, 2.45) is 0 Å². The number of hydrogen-bond donors (Lipinski definition) is 0. The number of rotatable bonds is 5. The van der Waals surface area contributed by atoms with Gasteiger partial charge in [0.2, 0.25) is 0 Å². The minimum absolute atomic E-state index is 0.104. The lowest BCUT2D eigenvalue weighted by Crippen LogP contribution is -2.25. The molecule has 14 heteroatoms. The lowest BCUT2D eigenvalue weighted by Gasteiger charge is -2.13. The molecule has 2 aromatic carbocycles. The molecule has 0 N–H and O–H groups in total. The van der Waals surface area contributed by atoms with E-state index >= 15 is 0 Å². The van der Waals surface area contributed by atoms with Gasteiger partial charge in [-0.15, -0.1) is 13.2 Å². The summed E-state index contributed by atoms with van der Waals surface area (Å²) in [5, 5.41) is 3.65. The van der Waals surface area contributed by atoms with Crippen LogP contribution in [0.5, 0.6) is 5.75 Å². The van der Waals surface area contributed by atoms with Crippen LogP contribution in [0.4, 0.5) is 26.3 Å². The van der Waals surface area contributed by atoms with Gasteiger partial charge in [-0.3, -0.25) is 4.79 Å². The lowest BCUT2D eigenvalue weighted by atomic mass is 10.1. The van der Waals surface area contributed by atoms with Crippen LogP contribution in [-0.2, 0) is 16.0 Å². The molecule has 194 valence electrons. The van der Waals surface area contributed by atoms with E-state index in [1.165, 1.54) is 19.1 Å². The van der Waals surface area contributed by atoms with E-state index < -0.39 is 55.7 Å². The molecule has 7 nitrogen and oxygen atoms in total. The zero-order valence-electron chi connectivity index (χ0n) is 18.6. The van der Waals surface area contributed by atoms with Crippen molar-refractivity contribution in [3.8, 4) is 22.7 Å². The number of sulfone groups is 1. The van der Waals surface area contributed by atoms with Crippen molar-refractivity contribution in [1.82, 2.24) is 14.8 Å². The molecule has 0 atom stereocenters. The van der Waals surface area contributed by atoms with Gasteiger partial charge in [-0.05, 0) is 35.9 Å². The van der Waals surface area contributed by atoms with E-state index in [1.807, 2.05) is 0 Å². The highest BCUT2D eigenvalue weighted by atomic mass is 32.2. The summed E-state index contributed by atoms with van der Waals surface area (Å²) in [6.45, 7) is 1.33. The molecule has 4 aromatic rings. The maximum absolute atomic E-state index is 13.2. The first-order valence-corrected chi connectivity index (χ1v) is 12.0. The molecule has 2 aromatic heterocycles. The van der Waals surface area contributed by atoms with Crippen molar-refractivity contribution >= 4 is 20.6 Å². The van der Waals surface area contributed by atoms with Gasteiger partial charge in [-0.25, -0.2) is 13.4 Å². The van der Waals surface area contributed by atoms with Crippen molar-refractivity contribution in [2.45, 2.75) is 24.4 Å². The Morgan fingerprint density at radius 1 is 0.919 bits per heavy atom. The molecule has 4 rings (SSSR count). The fraction of sp³-hybridized carbons (Fsp3) is 0.174. The first-order chi connectivity index (χ1) is 17.2. The molecule has 0 bridgehead atoms. The Morgan fingerprint density at radius 2 is 1.59 bits per heavy atom. The smallest absolute Gasteiger partial charge is 0.406 e. The summed E-state index contributed by atoms with van der Waals surface area (Å²) in [5.74, 6) is -1.34. The Balaban J connectivity index is 1.87. The number of ether oxygens (including phenoxy) is 1. The summed E-state index contributed by atoms with van der Waals surface area (Å²) < 4.78 is 107. The van der Waals surface area contributed by atoms with Crippen LogP contribution >= 0.6 is 0 Å². The van der Waals surface area contributed by atoms with Crippen LogP contribution in [0, 0.1) is 0 Å². The van der Waals surface area contributed by atoms with Gasteiger partial charge in [0.1, 0.15) is 10.6 Å². The maximum atomic E-state index is 13.2. The third kappa shape index (κ3) is 5.43. The van der Waals surface area contributed by atoms with E-state index in [4.69, 9.17) is 0 Å². The average Bonchev–Trinajstić information content (AvgIpc) is 2.83. The first-order valence-electron chi connectivity index (χ1n) is 10.4. The zero-order chi connectivity index (χ0) is 27.2. The molecule has 0 spiro atoms. The van der Waals surface area contributed by atoms with E-state index in [9.17, 15) is 39.6 Å². The quantitative estimate of drug-likeness (QED) is 0.323. The molecule has 0 aliphatic heterocycles. The fourth-order valence-corrected chi connectivity index (χ4v) is 4.49. The van der Waals surface area contributed by atoms with E-state index in [1.54, 1.807) is 0 Å². The van der Waals surface area contributed by atoms with E-state index in [0.29, 0.717) is 10.7 Å². The predicted molar refractivity (Wildman–Crippen MR) is 120 cm³/mol. The van der Waals surface area contributed by atoms with Crippen LogP contribution in [0.1, 0.15) is 12.5 Å². The van der Waals surface area contributed by atoms with Crippen LogP contribution in [0.15, 0.2) is 70.6 Å². The number of fused-ring (bicyclic) bond motifs is 1. The second-order valence-electron chi connectivity index (χ2n) is 7.68. The van der Waals surface area contributed by atoms with Crippen LogP contribution in [-0.4, -0.2) is 35.3 Å². The third-order valence-electron chi connectivity index (χ3n) is 5.29. The summed E-state index contributed by atoms with van der Waals surface area (Å²) >= 11 is 0. The molecule has 0 radical (unpaired) electrons. The topological polar surface area (TPSA) is 91.2 Å². The van der Waals surface area contributed by atoms with E-state index in [2.05, 4.69) is 14.8 Å². The van der Waals surface area contributed by atoms with Crippen LogP contribution in [0.3, 0.4) is 0 Å². The van der Waals surface area contributed by atoms with Crippen LogP contribution in [0.25, 0.3) is 27.7 Å². The number of nitrogens with zero attached hydrogens (tertiary/aromatic N) is 3. The van der Waals surface area contributed by atoms with Gasteiger partial charge >= 0.3 is 12.5 Å². The monoisotopic (exact) mass is 543 g/mol.